The van der Waals surface area contributed by atoms with Gasteiger partial charge in [-0.1, -0.05) is 6.42 Å². The molecule has 2 N–H and O–H groups in total. The topological polar surface area (TPSA) is 53.6 Å². The van der Waals surface area contributed by atoms with Crippen LogP contribution < -0.4 is 10.6 Å². The van der Waals surface area contributed by atoms with Crippen LogP contribution in [-0.2, 0) is 4.74 Å². The minimum Gasteiger partial charge on any atom is -0.444 e. The summed E-state index contributed by atoms with van der Waals surface area (Å²) in [6.07, 6.45) is 3.51. The first-order valence-corrected chi connectivity index (χ1v) is 8.01. The minimum absolute atomic E-state index is 0.144. The zero-order valence-corrected chi connectivity index (χ0v) is 14.6. The highest BCUT2D eigenvalue weighted by Crippen LogP contribution is 2.15. The van der Waals surface area contributed by atoms with Crippen molar-refractivity contribution in [2.45, 2.75) is 71.1 Å². The fourth-order valence-electron chi connectivity index (χ4n) is 2.47. The van der Waals surface area contributed by atoms with Crippen molar-refractivity contribution in [3.63, 3.8) is 0 Å². The van der Waals surface area contributed by atoms with Gasteiger partial charge < -0.3 is 20.3 Å². The molecule has 0 spiro atoms. The third-order valence-corrected chi connectivity index (χ3v) is 3.81. The van der Waals surface area contributed by atoms with Crippen molar-refractivity contribution in [2.75, 3.05) is 26.7 Å². The number of likely N-dealkylation sites (tertiary alicyclic amines) is 1. The molecule has 5 nitrogen and oxygen atoms in total. The molecule has 0 bridgehead atoms. The highest BCUT2D eigenvalue weighted by atomic mass is 16.6. The van der Waals surface area contributed by atoms with Crippen LogP contribution in [0.25, 0.3) is 0 Å². The number of rotatable bonds is 5. The molecule has 0 radical (unpaired) electrons. The van der Waals surface area contributed by atoms with Crippen LogP contribution in [0.15, 0.2) is 0 Å². The van der Waals surface area contributed by atoms with E-state index in [0.29, 0.717) is 12.6 Å². The van der Waals surface area contributed by atoms with E-state index in [1.807, 2.05) is 20.8 Å². The molecule has 124 valence electrons. The van der Waals surface area contributed by atoms with Gasteiger partial charge in [-0.05, 0) is 61.1 Å². The molecule has 1 aliphatic heterocycles. The molecular formula is C16H33N3O2. The lowest BCUT2D eigenvalue weighted by Crippen LogP contribution is -2.54. The average Bonchev–Trinajstić information content (AvgIpc) is 2.34. The number of alkyl carbamates (subject to hydrolysis) is 1. The highest BCUT2D eigenvalue weighted by molar-refractivity contribution is 5.67. The van der Waals surface area contributed by atoms with Crippen LogP contribution in [0.3, 0.4) is 0 Å². The van der Waals surface area contributed by atoms with Gasteiger partial charge in [-0.15, -0.1) is 0 Å². The Hall–Kier alpha value is -0.810. The summed E-state index contributed by atoms with van der Waals surface area (Å²) in [6, 6.07) is 0.597. The summed E-state index contributed by atoms with van der Waals surface area (Å²) in [5, 5.41) is 6.41. The van der Waals surface area contributed by atoms with Gasteiger partial charge in [-0.25, -0.2) is 4.79 Å². The number of hydrogen-bond donors (Lipinski definition) is 2. The summed E-state index contributed by atoms with van der Waals surface area (Å²) in [4.78, 5) is 14.1. The third kappa shape index (κ3) is 7.67. The van der Waals surface area contributed by atoms with Gasteiger partial charge in [0.15, 0.2) is 0 Å². The molecule has 0 aromatic carbocycles. The standard InChI is InChI=1S/C16H33N3O2/c1-15(2,3)21-14(20)17-12-16(4,5)18-11-13-9-7-8-10-19(13)6/h13,18H,7-12H2,1-6H3,(H,17,20). The van der Waals surface area contributed by atoms with E-state index in [0.717, 1.165) is 6.54 Å². The molecule has 0 saturated carbocycles. The number of ether oxygens (including phenoxy) is 1. The molecule has 0 aliphatic carbocycles. The van der Waals surface area contributed by atoms with Gasteiger partial charge in [0.2, 0.25) is 0 Å². The van der Waals surface area contributed by atoms with Crippen LogP contribution in [0, 0.1) is 0 Å². The van der Waals surface area contributed by atoms with Crippen molar-refractivity contribution in [1.29, 1.82) is 0 Å². The smallest absolute Gasteiger partial charge is 0.407 e. The molecule has 1 fully saturated rings. The zero-order chi connectivity index (χ0) is 16.1. The lowest BCUT2D eigenvalue weighted by molar-refractivity contribution is 0.0512. The van der Waals surface area contributed by atoms with Gasteiger partial charge in [0.25, 0.3) is 0 Å². The van der Waals surface area contributed by atoms with E-state index < -0.39 is 5.60 Å². The third-order valence-electron chi connectivity index (χ3n) is 3.81. The summed E-state index contributed by atoms with van der Waals surface area (Å²) in [7, 11) is 2.19. The molecule has 1 saturated heterocycles. The van der Waals surface area contributed by atoms with Gasteiger partial charge in [-0.3, -0.25) is 0 Å². The fraction of sp³-hybridized carbons (Fsp3) is 0.938. The Bertz CT molecular complexity index is 337. The number of carbonyl (C=O) groups excluding carboxylic acids is 1. The quantitative estimate of drug-likeness (QED) is 0.818. The Morgan fingerprint density at radius 1 is 1.24 bits per heavy atom. The van der Waals surface area contributed by atoms with Gasteiger partial charge in [-0.2, -0.15) is 0 Å². The molecule has 0 aromatic rings. The van der Waals surface area contributed by atoms with E-state index >= 15 is 0 Å². The second kappa shape index (κ2) is 7.45. The first-order chi connectivity index (χ1) is 9.59. The highest BCUT2D eigenvalue weighted by Gasteiger charge is 2.24. The van der Waals surface area contributed by atoms with Crippen LogP contribution in [0.5, 0.6) is 0 Å². The van der Waals surface area contributed by atoms with Crippen LogP contribution in [0.2, 0.25) is 0 Å². The minimum atomic E-state index is -0.452. The van der Waals surface area contributed by atoms with Gasteiger partial charge in [0.1, 0.15) is 5.60 Å². The maximum atomic E-state index is 11.7. The van der Waals surface area contributed by atoms with Crippen molar-refractivity contribution in [2.24, 2.45) is 0 Å². The van der Waals surface area contributed by atoms with Crippen molar-refractivity contribution < 1.29 is 9.53 Å². The van der Waals surface area contributed by atoms with E-state index in [2.05, 4.69) is 36.4 Å². The molecule has 1 aliphatic rings. The maximum Gasteiger partial charge on any atom is 0.407 e. The second-order valence-corrected chi connectivity index (χ2v) is 7.75. The van der Waals surface area contributed by atoms with Crippen LogP contribution in [0.1, 0.15) is 53.9 Å². The summed E-state index contributed by atoms with van der Waals surface area (Å²) in [6.45, 7) is 12.5. The van der Waals surface area contributed by atoms with E-state index in [4.69, 9.17) is 4.74 Å². The zero-order valence-electron chi connectivity index (χ0n) is 14.6. The number of amides is 1. The first-order valence-electron chi connectivity index (χ1n) is 8.01. The summed E-state index contributed by atoms with van der Waals surface area (Å²) in [5.41, 5.74) is -0.596. The predicted octanol–water partition coefficient (Wildman–Crippen LogP) is 2.36. The lowest BCUT2D eigenvalue weighted by Gasteiger charge is -2.36. The summed E-state index contributed by atoms with van der Waals surface area (Å²) in [5.74, 6) is 0. The van der Waals surface area contributed by atoms with E-state index in [1.165, 1.54) is 25.8 Å². The number of carbonyl (C=O) groups is 1. The van der Waals surface area contributed by atoms with E-state index in [-0.39, 0.29) is 11.6 Å². The molecule has 1 atom stereocenters. The largest absolute Gasteiger partial charge is 0.444 e. The van der Waals surface area contributed by atoms with Gasteiger partial charge >= 0.3 is 6.09 Å². The van der Waals surface area contributed by atoms with Gasteiger partial charge in [0, 0.05) is 24.7 Å². The van der Waals surface area contributed by atoms with Crippen molar-refractivity contribution >= 4 is 6.09 Å². The lowest BCUT2D eigenvalue weighted by atomic mass is 10.0. The number of hydrogen-bond acceptors (Lipinski definition) is 4. The normalized spacial score (nSPS) is 21.1. The predicted molar refractivity (Wildman–Crippen MR) is 86.6 cm³/mol. The molecule has 0 aromatic heterocycles. The van der Waals surface area contributed by atoms with Crippen molar-refractivity contribution in [3.05, 3.63) is 0 Å². The molecule has 5 heteroatoms. The molecular weight excluding hydrogens is 266 g/mol. The van der Waals surface area contributed by atoms with Crippen LogP contribution >= 0.6 is 0 Å². The van der Waals surface area contributed by atoms with Gasteiger partial charge in [0.05, 0.1) is 0 Å². The second-order valence-electron chi connectivity index (χ2n) is 7.75. The fourth-order valence-corrected chi connectivity index (χ4v) is 2.47. The number of likely N-dealkylation sites (N-methyl/N-ethyl adjacent to an activating group) is 1. The molecule has 1 unspecified atom stereocenters. The Kier molecular flexibility index (Phi) is 6.47. The van der Waals surface area contributed by atoms with E-state index in [1.54, 1.807) is 0 Å². The monoisotopic (exact) mass is 299 g/mol. The Balaban J connectivity index is 2.31. The Morgan fingerprint density at radius 3 is 2.48 bits per heavy atom. The van der Waals surface area contributed by atoms with Crippen molar-refractivity contribution in [3.8, 4) is 0 Å². The average molecular weight is 299 g/mol. The summed E-state index contributed by atoms with van der Waals surface area (Å²) < 4.78 is 5.26. The Labute approximate surface area is 129 Å². The van der Waals surface area contributed by atoms with Crippen LogP contribution in [-0.4, -0.2) is 54.9 Å². The molecule has 21 heavy (non-hydrogen) atoms. The first kappa shape index (κ1) is 18.2. The number of nitrogens with one attached hydrogen (secondary N) is 2. The van der Waals surface area contributed by atoms with Crippen molar-refractivity contribution in [1.82, 2.24) is 15.5 Å². The summed E-state index contributed by atoms with van der Waals surface area (Å²) >= 11 is 0. The molecule has 1 rings (SSSR count). The maximum absolute atomic E-state index is 11.7. The number of nitrogens with zero attached hydrogens (tertiary/aromatic N) is 1. The Morgan fingerprint density at radius 2 is 1.90 bits per heavy atom. The number of piperidine rings is 1. The van der Waals surface area contributed by atoms with E-state index in [9.17, 15) is 4.79 Å². The van der Waals surface area contributed by atoms with Crippen LogP contribution in [0.4, 0.5) is 4.79 Å². The molecule has 1 heterocycles. The molecule has 1 amide bonds. The SMILES string of the molecule is CN1CCCCC1CNC(C)(C)CNC(=O)OC(C)(C)C.